The molecule has 1 saturated carbocycles. The standard InChI is InChI=1S/C33H40N6O3/c1-42-23-33(41)16-9-8-14-28(33)39-24-36-29(30(39)25-10-4-2-5-11-25)32(40)38-21-17-34-22-27(38)15-19-37-20-18-35-31(37)26-12-6-3-7-13-26/h2-7,10-13,18,20,24,27-28,34,41H,8-9,14-17,19,21-23H2,1H3/t27-,28-,33-/m1/s1. The third kappa shape index (κ3) is 5.64. The Morgan fingerprint density at radius 3 is 2.60 bits per heavy atom. The van der Waals surface area contributed by atoms with E-state index in [-0.39, 0.29) is 24.6 Å². The summed E-state index contributed by atoms with van der Waals surface area (Å²) in [5.74, 6) is 0.859. The van der Waals surface area contributed by atoms with Crippen LogP contribution in [0.1, 0.15) is 48.6 Å². The summed E-state index contributed by atoms with van der Waals surface area (Å²) >= 11 is 0. The van der Waals surface area contributed by atoms with Crippen molar-refractivity contribution in [1.29, 1.82) is 0 Å². The number of aromatic nitrogens is 4. The molecule has 0 spiro atoms. The number of hydrogen-bond acceptors (Lipinski definition) is 6. The fraction of sp³-hybridized carbons (Fsp3) is 0.424. The van der Waals surface area contributed by atoms with Crippen LogP contribution in [0.2, 0.25) is 0 Å². The molecule has 9 nitrogen and oxygen atoms in total. The molecule has 1 aliphatic heterocycles. The van der Waals surface area contributed by atoms with Gasteiger partial charge in [-0.2, -0.15) is 0 Å². The Kier molecular flexibility index (Phi) is 8.51. The lowest BCUT2D eigenvalue weighted by atomic mass is 9.80. The Morgan fingerprint density at radius 2 is 1.83 bits per heavy atom. The van der Waals surface area contributed by atoms with Crippen LogP contribution in [0.25, 0.3) is 22.6 Å². The minimum Gasteiger partial charge on any atom is -0.385 e. The molecule has 1 amide bonds. The molecule has 0 unspecified atom stereocenters. The van der Waals surface area contributed by atoms with E-state index in [0.29, 0.717) is 18.7 Å². The van der Waals surface area contributed by atoms with Crippen molar-refractivity contribution in [3.63, 3.8) is 0 Å². The lowest BCUT2D eigenvalue weighted by molar-refractivity contribution is -0.0893. The van der Waals surface area contributed by atoms with Gasteiger partial charge in [0.1, 0.15) is 11.4 Å². The summed E-state index contributed by atoms with van der Waals surface area (Å²) in [5.41, 5.74) is 2.18. The summed E-state index contributed by atoms with van der Waals surface area (Å²) in [4.78, 5) is 25.7. The van der Waals surface area contributed by atoms with Gasteiger partial charge in [0.2, 0.25) is 0 Å². The van der Waals surface area contributed by atoms with Gasteiger partial charge in [-0.25, -0.2) is 9.97 Å². The molecule has 4 aromatic rings. The smallest absolute Gasteiger partial charge is 0.275 e. The molecule has 6 rings (SSSR count). The zero-order valence-electron chi connectivity index (χ0n) is 24.2. The number of nitrogens with zero attached hydrogens (tertiary/aromatic N) is 5. The van der Waals surface area contributed by atoms with Gasteiger partial charge in [-0.3, -0.25) is 4.79 Å². The van der Waals surface area contributed by atoms with E-state index in [1.54, 1.807) is 13.4 Å². The maximum Gasteiger partial charge on any atom is 0.275 e. The highest BCUT2D eigenvalue weighted by molar-refractivity contribution is 5.98. The number of carbonyl (C=O) groups is 1. The Bertz CT molecular complexity index is 1470. The molecule has 2 aromatic heterocycles. The van der Waals surface area contributed by atoms with Gasteiger partial charge in [-0.1, -0.05) is 73.5 Å². The molecule has 3 heterocycles. The average molecular weight is 569 g/mol. The molecule has 220 valence electrons. The van der Waals surface area contributed by atoms with Crippen LogP contribution in [0.4, 0.5) is 0 Å². The molecule has 9 heteroatoms. The molecular formula is C33H40N6O3. The molecule has 42 heavy (non-hydrogen) atoms. The van der Waals surface area contributed by atoms with Crippen molar-refractivity contribution in [3.05, 3.63) is 85.1 Å². The third-order valence-corrected chi connectivity index (χ3v) is 8.79. The minimum absolute atomic E-state index is 0.00570. The lowest BCUT2D eigenvalue weighted by Gasteiger charge is -2.41. The summed E-state index contributed by atoms with van der Waals surface area (Å²) in [6, 6.07) is 19.9. The summed E-state index contributed by atoms with van der Waals surface area (Å²) in [7, 11) is 1.63. The minimum atomic E-state index is -1.02. The summed E-state index contributed by atoms with van der Waals surface area (Å²) in [6.45, 7) is 3.05. The number of methoxy groups -OCH3 is 1. The van der Waals surface area contributed by atoms with Crippen molar-refractivity contribution in [2.24, 2.45) is 0 Å². The summed E-state index contributed by atoms with van der Waals surface area (Å²) in [5, 5.41) is 15.2. The van der Waals surface area contributed by atoms with Gasteiger partial charge in [0, 0.05) is 62.9 Å². The average Bonchev–Trinajstić information content (AvgIpc) is 3.69. The second-order valence-electron chi connectivity index (χ2n) is 11.5. The topological polar surface area (TPSA) is 97.4 Å². The first-order chi connectivity index (χ1) is 20.6. The molecule has 0 bridgehead atoms. The molecule has 2 aromatic carbocycles. The van der Waals surface area contributed by atoms with Crippen molar-refractivity contribution in [2.45, 2.75) is 56.3 Å². The zero-order chi connectivity index (χ0) is 28.9. The number of ether oxygens (including phenoxy) is 1. The van der Waals surface area contributed by atoms with Crippen LogP contribution in [-0.4, -0.2) is 80.0 Å². The number of imidazole rings is 2. The Morgan fingerprint density at radius 1 is 1.07 bits per heavy atom. The number of piperazine rings is 1. The van der Waals surface area contributed by atoms with Gasteiger partial charge >= 0.3 is 0 Å². The molecule has 1 saturated heterocycles. The zero-order valence-corrected chi connectivity index (χ0v) is 24.2. The van der Waals surface area contributed by atoms with Gasteiger partial charge < -0.3 is 29.2 Å². The Hall–Kier alpha value is -3.79. The van der Waals surface area contributed by atoms with Gasteiger partial charge in [-0.15, -0.1) is 0 Å². The van der Waals surface area contributed by atoms with Crippen molar-refractivity contribution in [1.82, 2.24) is 29.3 Å². The molecule has 1 aliphatic carbocycles. The number of rotatable bonds is 9. The Balaban J connectivity index is 1.29. The number of benzene rings is 2. The van der Waals surface area contributed by atoms with Crippen LogP contribution < -0.4 is 5.32 Å². The number of carbonyl (C=O) groups excluding carboxylic acids is 1. The van der Waals surface area contributed by atoms with Crippen LogP contribution in [0.5, 0.6) is 0 Å². The molecular weight excluding hydrogens is 528 g/mol. The van der Waals surface area contributed by atoms with E-state index in [2.05, 4.69) is 27.0 Å². The van der Waals surface area contributed by atoms with Gasteiger partial charge in [-0.05, 0) is 19.3 Å². The van der Waals surface area contributed by atoms with E-state index < -0.39 is 5.60 Å². The molecule has 2 fully saturated rings. The van der Waals surface area contributed by atoms with E-state index in [9.17, 15) is 9.90 Å². The molecule has 0 radical (unpaired) electrons. The quantitative estimate of drug-likeness (QED) is 0.311. The monoisotopic (exact) mass is 568 g/mol. The van der Waals surface area contributed by atoms with E-state index in [0.717, 1.165) is 68.0 Å². The predicted molar refractivity (Wildman–Crippen MR) is 162 cm³/mol. The van der Waals surface area contributed by atoms with Crippen LogP contribution in [-0.2, 0) is 11.3 Å². The highest BCUT2D eigenvalue weighted by Crippen LogP contribution is 2.41. The third-order valence-electron chi connectivity index (χ3n) is 8.79. The van der Waals surface area contributed by atoms with Crippen molar-refractivity contribution < 1.29 is 14.6 Å². The second kappa shape index (κ2) is 12.6. The van der Waals surface area contributed by atoms with Crippen LogP contribution in [0.3, 0.4) is 0 Å². The fourth-order valence-corrected chi connectivity index (χ4v) is 6.70. The highest BCUT2D eigenvalue weighted by Gasteiger charge is 2.42. The summed E-state index contributed by atoms with van der Waals surface area (Å²) < 4.78 is 9.67. The van der Waals surface area contributed by atoms with Gasteiger partial charge in [0.15, 0.2) is 5.69 Å². The molecule has 3 atom stereocenters. The number of aliphatic hydroxyl groups is 1. The Labute approximate surface area is 247 Å². The highest BCUT2D eigenvalue weighted by atomic mass is 16.5. The number of nitrogens with one attached hydrogen (secondary N) is 1. The number of aryl methyl sites for hydroxylation is 1. The molecule has 2 aliphatic rings. The predicted octanol–water partition coefficient (Wildman–Crippen LogP) is 4.41. The maximum absolute atomic E-state index is 14.4. The fourth-order valence-electron chi connectivity index (χ4n) is 6.70. The van der Waals surface area contributed by atoms with E-state index in [1.807, 2.05) is 70.4 Å². The first kappa shape index (κ1) is 28.3. The van der Waals surface area contributed by atoms with E-state index in [1.165, 1.54) is 0 Å². The lowest BCUT2D eigenvalue weighted by Crippen LogP contribution is -2.54. The normalized spacial score (nSPS) is 22.8. The SMILES string of the molecule is COC[C@]1(O)CCCC[C@H]1n1cnc(C(=O)N2CCNC[C@H]2CCn2ccnc2-c2ccccc2)c1-c1ccccc1. The first-order valence-electron chi connectivity index (χ1n) is 15.0. The van der Waals surface area contributed by atoms with Crippen molar-refractivity contribution in [3.8, 4) is 22.6 Å². The van der Waals surface area contributed by atoms with Gasteiger partial charge in [0.05, 0.1) is 24.7 Å². The number of hydrogen-bond donors (Lipinski definition) is 2. The largest absolute Gasteiger partial charge is 0.385 e. The first-order valence-corrected chi connectivity index (χ1v) is 15.0. The van der Waals surface area contributed by atoms with Crippen LogP contribution in [0, 0.1) is 0 Å². The second-order valence-corrected chi connectivity index (χ2v) is 11.5. The van der Waals surface area contributed by atoms with Crippen LogP contribution in [0.15, 0.2) is 79.4 Å². The van der Waals surface area contributed by atoms with Crippen molar-refractivity contribution in [2.75, 3.05) is 33.4 Å². The van der Waals surface area contributed by atoms with Crippen molar-refractivity contribution >= 4 is 5.91 Å². The van der Waals surface area contributed by atoms with E-state index >= 15 is 0 Å². The van der Waals surface area contributed by atoms with Gasteiger partial charge in [0.25, 0.3) is 5.91 Å². The number of amides is 1. The van der Waals surface area contributed by atoms with Crippen LogP contribution >= 0.6 is 0 Å². The maximum atomic E-state index is 14.4. The summed E-state index contributed by atoms with van der Waals surface area (Å²) in [6.07, 6.45) is 9.78. The van der Waals surface area contributed by atoms with E-state index in [4.69, 9.17) is 9.72 Å². The molecule has 2 N–H and O–H groups in total.